The molecule has 1 fully saturated rings. The van der Waals surface area contributed by atoms with Gasteiger partial charge in [0.2, 0.25) is 18.6 Å². The minimum Gasteiger partial charge on any atom is -0.507 e. The molecule has 1 saturated heterocycles. The molecule has 10 atom stereocenters. The number of aromatic hydroxyl groups is 2. The molecule has 0 aliphatic carbocycles. The van der Waals surface area contributed by atoms with Crippen molar-refractivity contribution in [3.05, 3.63) is 58.0 Å². The van der Waals surface area contributed by atoms with Crippen molar-refractivity contribution in [1.29, 1.82) is 0 Å². The number of amides is 4. The molecule has 1 spiro atoms. The number of rotatable bonds is 23. The van der Waals surface area contributed by atoms with E-state index < -0.39 is 171 Å². The normalized spacial score (nSPS) is 25.2. The molecule has 33 heteroatoms. The number of nitrogens with one attached hydrogen (secondary N) is 3. The Morgan fingerprint density at radius 2 is 1.50 bits per heavy atom. The van der Waals surface area contributed by atoms with Gasteiger partial charge in [-0.25, -0.2) is 4.79 Å². The summed E-state index contributed by atoms with van der Waals surface area (Å²) >= 11 is 0. The Hall–Kier alpha value is -7.34. The van der Waals surface area contributed by atoms with Crippen molar-refractivity contribution in [1.82, 2.24) is 20.4 Å². The predicted octanol–water partition coefficient (Wildman–Crippen LogP) is 4.90. The second kappa shape index (κ2) is 33.7. The minimum atomic E-state index is -5.25. The van der Waals surface area contributed by atoms with E-state index in [4.69, 9.17) is 43.1 Å². The van der Waals surface area contributed by atoms with Gasteiger partial charge in [0.1, 0.15) is 47.3 Å². The van der Waals surface area contributed by atoms with Crippen LogP contribution in [0.1, 0.15) is 143 Å². The molecule has 0 radical (unpaired) electrons. The summed E-state index contributed by atoms with van der Waals surface area (Å²) in [5.74, 6) is -11.8. The number of unbranched alkanes of at least 4 members (excludes halogenated alkanes) is 2. The second-order valence-corrected chi connectivity index (χ2v) is 30.1. The third-order valence-electron chi connectivity index (χ3n) is 18.0. The van der Waals surface area contributed by atoms with Crippen molar-refractivity contribution in [2.45, 2.75) is 181 Å². The fraction of sp³-hybridized carbons (Fsp3) is 0.631. The molecule has 5 aliphatic heterocycles. The maximum Gasteiger partial charge on any atom is 0.410 e. The average molecular weight is 1420 g/mol. The highest BCUT2D eigenvalue weighted by Crippen LogP contribution is 2.61. The molecule has 544 valence electrons. The highest BCUT2D eigenvalue weighted by Gasteiger charge is 2.51. The van der Waals surface area contributed by atoms with Crippen molar-refractivity contribution in [3.63, 3.8) is 0 Å². The Morgan fingerprint density at radius 1 is 0.857 bits per heavy atom. The standard InChI is InChI=1S/C65H95N7O24P2/c1-14-45(75)91-33-92-63(83)67-42(21-16-15-17-27-66-44(74)22-23-47(97(84,85)86)98(87,88)89)62(82)71(12)32-46(76)95-57-35(4)19-18-20-36(5)61(81)68-53-52-51(69-65(70-52)25-28-72(29-26-65)31-34(2)3)48-49(56(53)79)55(78)40(9)59-50(48)60(80)64(11,96-59)93-30-24-43(90-13)37(6)58(94-41(10)73)39(8)54(77)38(57)7/h18-20,24,30,34-35,37-39,42-43,47,54,57-58,77-79H,14-17,21-23,25-29,31-33H2,1-13H3,(H,66,74)(H,67,83)(H,68,81)(H2,84,85,86)(H2,87,88,89)/b19-18+,30-24+,36-20-/t35-,37+,38-,39+,42+,43-,54+,57-,58+,64-/m0/s1. The van der Waals surface area contributed by atoms with Gasteiger partial charge >= 0.3 is 45.0 Å². The van der Waals surface area contributed by atoms with Gasteiger partial charge in [-0.15, -0.1) is 0 Å². The molecule has 98 heavy (non-hydrogen) atoms. The van der Waals surface area contributed by atoms with Crippen molar-refractivity contribution < 1.29 is 116 Å². The maximum atomic E-state index is 15.0. The summed E-state index contributed by atoms with van der Waals surface area (Å²) in [6.45, 7) is 18.4. The number of likely N-dealkylation sites (N-methyl/N-ethyl adjacent to an activating group) is 1. The number of phenolic OH excluding ortho intramolecular Hbond substituents is 2. The Bertz CT molecular complexity index is 3630. The second-order valence-electron chi connectivity index (χ2n) is 26.1. The molecule has 31 nitrogen and oxygen atoms in total. The van der Waals surface area contributed by atoms with Crippen molar-refractivity contribution in [2.24, 2.45) is 39.6 Å². The van der Waals surface area contributed by atoms with E-state index in [0.29, 0.717) is 38.3 Å². The van der Waals surface area contributed by atoms with Crippen LogP contribution in [0.15, 0.2) is 46.1 Å². The lowest BCUT2D eigenvalue weighted by Crippen LogP contribution is -2.50. The summed E-state index contributed by atoms with van der Waals surface area (Å²) in [6.07, 6.45) is 1.39. The van der Waals surface area contributed by atoms with Crippen LogP contribution in [0.5, 0.6) is 17.2 Å². The first kappa shape index (κ1) is 79.6. The average Bonchev–Trinajstić information content (AvgIpc) is 1.51. The molecule has 4 amide bonds. The number of fused-ring (bicyclic) bond motifs is 13. The Morgan fingerprint density at radius 3 is 2.11 bits per heavy atom. The summed E-state index contributed by atoms with van der Waals surface area (Å²) in [7, 11) is -7.86. The number of nitrogens with zero attached hydrogens (tertiary/aromatic N) is 4. The van der Waals surface area contributed by atoms with Gasteiger partial charge in [0, 0.05) is 120 Å². The number of methoxy groups -OCH3 is 1. The topological polar surface area (TPSA) is 444 Å². The van der Waals surface area contributed by atoms with Gasteiger partial charge in [-0.05, 0) is 45.1 Å². The fourth-order valence-corrected chi connectivity index (χ4v) is 15.1. The van der Waals surface area contributed by atoms with E-state index in [9.17, 15) is 77.6 Å². The minimum absolute atomic E-state index is 0.00681. The van der Waals surface area contributed by atoms with Crippen LogP contribution in [-0.2, 0) is 66.3 Å². The Kier molecular flexibility index (Phi) is 27.4. The molecular formula is C65H95N7O24P2. The van der Waals surface area contributed by atoms with Gasteiger partial charge < -0.3 is 93.8 Å². The monoisotopic (exact) mass is 1420 g/mol. The van der Waals surface area contributed by atoms with E-state index in [1.807, 2.05) is 0 Å². The highest BCUT2D eigenvalue weighted by molar-refractivity contribution is 7.70. The number of likely N-dealkylation sites (tertiary alicyclic amines) is 1. The number of ether oxygens (including phenoxy) is 7. The Labute approximate surface area is 568 Å². The molecule has 2 aromatic rings. The number of anilines is 1. The van der Waals surface area contributed by atoms with Gasteiger partial charge in [-0.2, -0.15) is 0 Å². The summed E-state index contributed by atoms with van der Waals surface area (Å²) in [4.78, 5) is 159. The molecule has 0 saturated carbocycles. The molecule has 5 heterocycles. The van der Waals surface area contributed by atoms with Crippen LogP contribution in [0.2, 0.25) is 0 Å². The summed E-state index contributed by atoms with van der Waals surface area (Å²) in [6, 6.07) is -1.38. The van der Waals surface area contributed by atoms with E-state index in [1.54, 1.807) is 33.8 Å². The lowest BCUT2D eigenvalue weighted by molar-refractivity contribution is -0.167. The van der Waals surface area contributed by atoms with Crippen molar-refractivity contribution >= 4 is 79.2 Å². The molecule has 0 unspecified atom stereocenters. The molecule has 2 aromatic carbocycles. The number of benzene rings is 2. The first-order chi connectivity index (χ1) is 45.8. The van der Waals surface area contributed by atoms with E-state index in [1.165, 1.54) is 73.3 Å². The number of esters is 3. The molecule has 7 rings (SSSR count). The van der Waals surface area contributed by atoms with Crippen molar-refractivity contribution in [2.75, 3.05) is 59.0 Å². The smallest absolute Gasteiger partial charge is 0.410 e. The number of Topliss-reactive ketones (excluding diaryl/α,β-unsaturated/α-hetero) is 1. The number of alkyl carbamates (subject to hydrolysis) is 1. The first-order valence-electron chi connectivity index (χ1n) is 32.6. The third-order valence-corrected chi connectivity index (χ3v) is 21.9. The van der Waals surface area contributed by atoms with Crippen LogP contribution in [0.3, 0.4) is 0 Å². The Balaban J connectivity index is 1.33. The number of phenols is 2. The number of allylic oxidation sites excluding steroid dienone is 2. The molecule has 10 N–H and O–H groups in total. The number of aliphatic hydroxyl groups is 1. The lowest BCUT2D eigenvalue weighted by Gasteiger charge is -2.39. The van der Waals surface area contributed by atoms with Crippen LogP contribution in [0, 0.1) is 36.5 Å². The molecule has 5 aliphatic rings. The van der Waals surface area contributed by atoms with E-state index >= 15 is 4.79 Å². The van der Waals surface area contributed by atoms with Crippen LogP contribution < -0.4 is 31.4 Å². The van der Waals surface area contributed by atoms with Crippen LogP contribution >= 0.6 is 15.2 Å². The van der Waals surface area contributed by atoms with Gasteiger partial charge in [-0.3, -0.25) is 52.7 Å². The number of carbonyl (C=O) groups excluding carboxylic acids is 8. The largest absolute Gasteiger partial charge is 0.507 e. The summed E-state index contributed by atoms with van der Waals surface area (Å²) in [5, 5.41) is 42.3. The zero-order valence-electron chi connectivity index (χ0n) is 57.6. The zero-order chi connectivity index (χ0) is 73.1. The van der Waals surface area contributed by atoms with Gasteiger partial charge in [0.05, 0.1) is 34.8 Å². The predicted molar refractivity (Wildman–Crippen MR) is 352 cm³/mol. The van der Waals surface area contributed by atoms with Crippen LogP contribution in [0.25, 0.3) is 10.8 Å². The zero-order valence-corrected chi connectivity index (χ0v) is 59.4. The van der Waals surface area contributed by atoms with E-state index in [-0.39, 0.29) is 81.9 Å². The summed E-state index contributed by atoms with van der Waals surface area (Å²) in [5.41, 5.74) is -1.16. The van der Waals surface area contributed by atoms with E-state index in [0.717, 1.165) is 11.4 Å². The number of aliphatic hydroxyl groups excluding tert-OH is 1. The lowest BCUT2D eigenvalue weighted by atomic mass is 9.78. The van der Waals surface area contributed by atoms with Gasteiger partial charge in [-0.1, -0.05) is 79.5 Å². The fourth-order valence-electron chi connectivity index (χ4n) is 12.6. The number of hydrogen-bond acceptors (Lipinski definition) is 23. The first-order valence-corrected chi connectivity index (χ1v) is 36.0. The SMILES string of the molecule is CCC(=O)OCOC(=O)N[C@H](CCCCCNC(=O)CCC(P(=O)(O)O)P(=O)(O)O)C(=O)N(C)CC(=O)O[C@@H]1[C@@H](C)[C@@H](O)[C@@H](C)[C@H](OC(C)=O)[C@H](C)[C@@H](OC)/C=C/O[C@@]2(C)Oc3c(C)c(O)c4c(O)c(c5c(c4c3C2=O)=NC2(CCN(CC(C)C)CC2)N=5)NC(=O)/C(C)=C\C=C\[C@@H]1C. The number of piperidine rings is 1. The van der Waals surface area contributed by atoms with Crippen LogP contribution in [0.4, 0.5) is 10.5 Å². The van der Waals surface area contributed by atoms with Crippen LogP contribution in [-0.4, -0.2) is 193 Å². The van der Waals surface area contributed by atoms with Gasteiger partial charge in [0.25, 0.3) is 11.7 Å². The van der Waals surface area contributed by atoms with Gasteiger partial charge in [0.15, 0.2) is 16.8 Å². The molecule has 0 aromatic heterocycles. The molecular weight excluding hydrogens is 1320 g/mol. The number of carbonyl (C=O) groups is 8. The van der Waals surface area contributed by atoms with E-state index in [2.05, 4.69) is 34.7 Å². The number of ketones is 1. The highest BCUT2D eigenvalue weighted by atomic mass is 31.2. The van der Waals surface area contributed by atoms with Crippen molar-refractivity contribution in [3.8, 4) is 17.2 Å². The quantitative estimate of drug-likeness (QED) is 0.0176. The maximum absolute atomic E-state index is 15.0. The summed E-state index contributed by atoms with van der Waals surface area (Å²) < 4.78 is 63.7. The third kappa shape index (κ3) is 19.6. The molecule has 5 bridgehead atoms. The number of hydrogen-bond donors (Lipinski definition) is 10.